The highest BCUT2D eigenvalue weighted by Gasteiger charge is 2.27. The Morgan fingerprint density at radius 2 is 1.96 bits per heavy atom. The summed E-state index contributed by atoms with van der Waals surface area (Å²) in [7, 11) is 0. The van der Waals surface area contributed by atoms with E-state index in [-0.39, 0.29) is 11.5 Å². The van der Waals surface area contributed by atoms with Crippen molar-refractivity contribution >= 4 is 5.91 Å². The van der Waals surface area contributed by atoms with Gasteiger partial charge in [0.05, 0.1) is 5.69 Å². The molecule has 5 heteroatoms. The molecule has 0 atom stereocenters. The van der Waals surface area contributed by atoms with E-state index in [2.05, 4.69) is 12.0 Å². The Morgan fingerprint density at radius 3 is 2.61 bits per heavy atom. The highest BCUT2D eigenvalue weighted by atomic mass is 16.2. The number of nitrogens with zero attached hydrogens (tertiary/aromatic N) is 3. The minimum absolute atomic E-state index is 0.0940. The molecule has 1 aliphatic rings. The van der Waals surface area contributed by atoms with Crippen LogP contribution in [0.5, 0.6) is 0 Å². The Hall–Kier alpha value is -2.43. The average Bonchev–Trinajstić information content (AvgIpc) is 3.39. The molecule has 120 valence electrons. The quantitative estimate of drug-likeness (QED) is 0.823. The van der Waals surface area contributed by atoms with E-state index in [1.54, 1.807) is 12.1 Å². The van der Waals surface area contributed by atoms with Gasteiger partial charge in [-0.25, -0.2) is 0 Å². The van der Waals surface area contributed by atoms with E-state index in [0.717, 1.165) is 19.5 Å². The van der Waals surface area contributed by atoms with E-state index < -0.39 is 0 Å². The molecule has 1 aromatic carbocycles. The zero-order valence-corrected chi connectivity index (χ0v) is 13.3. The highest BCUT2D eigenvalue weighted by molar-refractivity contribution is 5.92. The Balaban J connectivity index is 1.89. The molecule has 0 bridgehead atoms. The summed E-state index contributed by atoms with van der Waals surface area (Å²) in [4.78, 5) is 26.7. The van der Waals surface area contributed by atoms with Gasteiger partial charge in [0.25, 0.3) is 11.5 Å². The molecular formula is C18H21N3O2. The topological polar surface area (TPSA) is 55.2 Å². The fraction of sp³-hybridized carbons (Fsp3) is 0.389. The molecular weight excluding hydrogens is 290 g/mol. The van der Waals surface area contributed by atoms with Crippen molar-refractivity contribution in [3.05, 3.63) is 58.5 Å². The third-order valence-corrected chi connectivity index (χ3v) is 3.98. The molecule has 0 saturated heterocycles. The number of benzene rings is 1. The SMILES string of the molecule is CCCN(CC1CC1)C(=O)c1ccc(=O)n(-c2ccccc2)n1. The second-order valence-corrected chi connectivity index (χ2v) is 6.00. The smallest absolute Gasteiger partial charge is 0.274 e. The molecule has 1 aliphatic carbocycles. The Kier molecular flexibility index (Phi) is 4.55. The van der Waals surface area contributed by atoms with Crippen LogP contribution in [-0.4, -0.2) is 33.7 Å². The van der Waals surface area contributed by atoms with Gasteiger partial charge in [0.1, 0.15) is 5.69 Å². The van der Waals surface area contributed by atoms with Crippen LogP contribution in [0.25, 0.3) is 5.69 Å². The lowest BCUT2D eigenvalue weighted by Gasteiger charge is -2.21. The predicted molar refractivity (Wildman–Crippen MR) is 88.8 cm³/mol. The van der Waals surface area contributed by atoms with Gasteiger partial charge in [-0.15, -0.1) is 0 Å². The number of rotatable bonds is 6. The largest absolute Gasteiger partial charge is 0.337 e. The van der Waals surface area contributed by atoms with Crippen molar-refractivity contribution in [2.75, 3.05) is 13.1 Å². The van der Waals surface area contributed by atoms with Crippen LogP contribution in [0, 0.1) is 5.92 Å². The van der Waals surface area contributed by atoms with E-state index >= 15 is 0 Å². The first kappa shape index (κ1) is 15.5. The zero-order valence-electron chi connectivity index (χ0n) is 13.3. The first-order valence-electron chi connectivity index (χ1n) is 8.14. The summed E-state index contributed by atoms with van der Waals surface area (Å²) in [5, 5.41) is 4.29. The van der Waals surface area contributed by atoms with Gasteiger partial charge in [-0.2, -0.15) is 9.78 Å². The lowest BCUT2D eigenvalue weighted by molar-refractivity contribution is 0.0739. The maximum absolute atomic E-state index is 12.7. The molecule has 0 unspecified atom stereocenters. The van der Waals surface area contributed by atoms with Crippen LogP contribution in [-0.2, 0) is 0 Å². The molecule has 0 spiro atoms. The van der Waals surface area contributed by atoms with Crippen LogP contribution >= 0.6 is 0 Å². The van der Waals surface area contributed by atoms with Gasteiger partial charge in [-0.05, 0) is 43.4 Å². The van der Waals surface area contributed by atoms with Crippen LogP contribution in [0.3, 0.4) is 0 Å². The van der Waals surface area contributed by atoms with Gasteiger partial charge in [0.15, 0.2) is 0 Å². The number of amides is 1. The molecule has 1 aromatic heterocycles. The maximum atomic E-state index is 12.7. The number of hydrogen-bond donors (Lipinski definition) is 0. The minimum atomic E-state index is -0.239. The fourth-order valence-electron chi connectivity index (χ4n) is 2.60. The van der Waals surface area contributed by atoms with Crippen LogP contribution in [0.15, 0.2) is 47.3 Å². The molecule has 0 aliphatic heterocycles. The summed E-state index contributed by atoms with van der Waals surface area (Å²) in [6.07, 6.45) is 3.31. The van der Waals surface area contributed by atoms with E-state index in [1.165, 1.54) is 29.7 Å². The number of carbonyl (C=O) groups is 1. The third-order valence-electron chi connectivity index (χ3n) is 3.98. The third kappa shape index (κ3) is 3.67. The molecule has 1 fully saturated rings. The molecule has 23 heavy (non-hydrogen) atoms. The molecule has 0 N–H and O–H groups in total. The van der Waals surface area contributed by atoms with E-state index in [9.17, 15) is 9.59 Å². The lowest BCUT2D eigenvalue weighted by atomic mass is 10.2. The van der Waals surface area contributed by atoms with Crippen LogP contribution in [0.4, 0.5) is 0 Å². The number of carbonyl (C=O) groups excluding carboxylic acids is 1. The van der Waals surface area contributed by atoms with Gasteiger partial charge in [0, 0.05) is 19.2 Å². The van der Waals surface area contributed by atoms with Crippen molar-refractivity contribution in [2.45, 2.75) is 26.2 Å². The number of para-hydroxylation sites is 1. The van der Waals surface area contributed by atoms with Crippen molar-refractivity contribution in [3.8, 4) is 5.69 Å². The van der Waals surface area contributed by atoms with E-state index in [0.29, 0.717) is 17.3 Å². The molecule has 0 radical (unpaired) electrons. The summed E-state index contributed by atoms with van der Waals surface area (Å²) >= 11 is 0. The minimum Gasteiger partial charge on any atom is -0.337 e. The van der Waals surface area contributed by atoms with Gasteiger partial charge >= 0.3 is 0 Å². The van der Waals surface area contributed by atoms with Gasteiger partial charge < -0.3 is 4.90 Å². The standard InChI is InChI=1S/C18H21N3O2/c1-2-12-20(13-14-8-9-14)18(23)16-10-11-17(22)21(19-16)15-6-4-3-5-7-15/h3-7,10-11,14H,2,8-9,12-13H2,1H3. The average molecular weight is 311 g/mol. The number of hydrogen-bond acceptors (Lipinski definition) is 3. The second-order valence-electron chi connectivity index (χ2n) is 6.00. The maximum Gasteiger partial charge on any atom is 0.274 e. The number of aromatic nitrogens is 2. The molecule has 3 rings (SSSR count). The van der Waals surface area contributed by atoms with Crippen LogP contribution in [0.2, 0.25) is 0 Å². The zero-order chi connectivity index (χ0) is 16.2. The van der Waals surface area contributed by atoms with Crippen LogP contribution < -0.4 is 5.56 Å². The summed E-state index contributed by atoms with van der Waals surface area (Å²) in [6.45, 7) is 3.58. The molecule has 1 heterocycles. The van der Waals surface area contributed by atoms with Gasteiger partial charge in [-0.1, -0.05) is 25.1 Å². The molecule has 1 amide bonds. The van der Waals surface area contributed by atoms with E-state index in [4.69, 9.17) is 0 Å². The monoisotopic (exact) mass is 311 g/mol. The highest BCUT2D eigenvalue weighted by Crippen LogP contribution is 2.30. The van der Waals surface area contributed by atoms with Crippen molar-refractivity contribution in [1.29, 1.82) is 0 Å². The molecule has 2 aromatic rings. The fourth-order valence-corrected chi connectivity index (χ4v) is 2.60. The van der Waals surface area contributed by atoms with Gasteiger partial charge in [0.2, 0.25) is 0 Å². The summed E-state index contributed by atoms with van der Waals surface area (Å²) < 4.78 is 1.29. The first-order valence-corrected chi connectivity index (χ1v) is 8.14. The Morgan fingerprint density at radius 1 is 1.22 bits per heavy atom. The summed E-state index contributed by atoms with van der Waals surface area (Å²) in [6, 6.07) is 12.1. The molecule has 1 saturated carbocycles. The lowest BCUT2D eigenvalue weighted by Crippen LogP contribution is -2.35. The Labute approximate surface area is 135 Å². The molecule has 5 nitrogen and oxygen atoms in total. The predicted octanol–water partition coefficient (Wildman–Crippen LogP) is 2.49. The van der Waals surface area contributed by atoms with Crippen molar-refractivity contribution < 1.29 is 4.79 Å². The van der Waals surface area contributed by atoms with E-state index in [1.807, 2.05) is 23.1 Å². The van der Waals surface area contributed by atoms with Crippen LogP contribution in [0.1, 0.15) is 36.7 Å². The van der Waals surface area contributed by atoms with Gasteiger partial charge in [-0.3, -0.25) is 9.59 Å². The Bertz CT molecular complexity index is 735. The summed E-state index contributed by atoms with van der Waals surface area (Å²) in [5.41, 5.74) is 0.746. The first-order chi connectivity index (χ1) is 11.2. The summed E-state index contributed by atoms with van der Waals surface area (Å²) in [5.74, 6) is 0.536. The van der Waals surface area contributed by atoms with Crippen molar-refractivity contribution in [1.82, 2.24) is 14.7 Å². The second kappa shape index (κ2) is 6.77. The van der Waals surface area contributed by atoms with Crippen molar-refractivity contribution in [3.63, 3.8) is 0 Å². The normalized spacial score (nSPS) is 13.8. The van der Waals surface area contributed by atoms with Crippen molar-refractivity contribution in [2.24, 2.45) is 5.92 Å².